The zero-order valence-electron chi connectivity index (χ0n) is 21.2. The lowest BCUT2D eigenvalue weighted by Crippen LogP contribution is -2.65. The first-order valence-corrected chi connectivity index (χ1v) is 12.7. The van der Waals surface area contributed by atoms with Crippen LogP contribution in [0.15, 0.2) is 40.7 Å². The summed E-state index contributed by atoms with van der Waals surface area (Å²) in [5.74, 6) is -0.319. The standard InChI is InChI=1S/C29H30N2O7/c1-31(2)23-18-13-16-12-17-15(9-8-14-6-4-3-5-7-14)10-11-19(32)21(17)24(33)20(16)26(35)29(18,38)27(36)22(25(23)34)28(30)37/h6,10-11,16,18,23,32-33,36,38H,3-5,7,12-13H2,1-2H3,(H2,30,37). The summed E-state index contributed by atoms with van der Waals surface area (Å²) < 4.78 is 0. The van der Waals surface area contributed by atoms with Gasteiger partial charge in [-0.25, -0.2) is 0 Å². The van der Waals surface area contributed by atoms with E-state index in [1.807, 2.05) is 0 Å². The minimum absolute atomic E-state index is 0.0411. The van der Waals surface area contributed by atoms with Crippen molar-refractivity contribution in [2.75, 3.05) is 14.1 Å². The highest BCUT2D eigenvalue weighted by molar-refractivity contribution is 6.24. The smallest absolute Gasteiger partial charge is 0.255 e. The van der Waals surface area contributed by atoms with Crippen molar-refractivity contribution in [1.29, 1.82) is 0 Å². The summed E-state index contributed by atoms with van der Waals surface area (Å²) >= 11 is 0. The van der Waals surface area contributed by atoms with Gasteiger partial charge in [-0.05, 0) is 81.8 Å². The maximum atomic E-state index is 13.9. The van der Waals surface area contributed by atoms with Crippen LogP contribution in [0.25, 0.3) is 5.76 Å². The minimum Gasteiger partial charge on any atom is -0.508 e. The number of benzene rings is 1. The third-order valence-electron chi connectivity index (χ3n) is 8.25. The zero-order chi connectivity index (χ0) is 27.5. The number of ketones is 2. The van der Waals surface area contributed by atoms with Gasteiger partial charge < -0.3 is 26.2 Å². The first-order valence-electron chi connectivity index (χ1n) is 12.7. The second kappa shape index (κ2) is 9.15. The normalized spacial score (nSPS) is 28.7. The number of nitrogens with two attached hydrogens (primary N) is 1. The van der Waals surface area contributed by atoms with Gasteiger partial charge in [-0.15, -0.1) is 0 Å². The molecule has 4 unspecified atom stereocenters. The van der Waals surface area contributed by atoms with Gasteiger partial charge in [0.2, 0.25) is 5.78 Å². The highest BCUT2D eigenvalue weighted by Crippen LogP contribution is 2.52. The number of nitrogens with zero attached hydrogens (tertiary/aromatic N) is 1. The van der Waals surface area contributed by atoms with Crippen molar-refractivity contribution in [3.05, 3.63) is 57.4 Å². The molecule has 0 saturated heterocycles. The summed E-state index contributed by atoms with van der Waals surface area (Å²) in [6, 6.07) is 1.95. The van der Waals surface area contributed by atoms with E-state index >= 15 is 0 Å². The third-order valence-corrected chi connectivity index (χ3v) is 8.25. The maximum Gasteiger partial charge on any atom is 0.255 e. The van der Waals surface area contributed by atoms with Crippen molar-refractivity contribution in [3.63, 3.8) is 0 Å². The van der Waals surface area contributed by atoms with Crippen molar-refractivity contribution >= 4 is 23.2 Å². The van der Waals surface area contributed by atoms with Crippen LogP contribution in [0.1, 0.15) is 48.8 Å². The number of phenolic OH excluding ortho intramolecular Hbond substituents is 1. The van der Waals surface area contributed by atoms with Gasteiger partial charge in [0.05, 0.1) is 11.6 Å². The number of aliphatic hydroxyl groups is 3. The van der Waals surface area contributed by atoms with Gasteiger partial charge in [-0.3, -0.25) is 19.3 Å². The first-order chi connectivity index (χ1) is 18.0. The van der Waals surface area contributed by atoms with Crippen molar-refractivity contribution in [2.45, 2.75) is 50.2 Å². The molecule has 4 aliphatic carbocycles. The summed E-state index contributed by atoms with van der Waals surface area (Å²) in [4.78, 5) is 40.6. The van der Waals surface area contributed by atoms with Crippen LogP contribution >= 0.6 is 0 Å². The molecule has 1 aromatic rings. The molecule has 0 aromatic heterocycles. The fourth-order valence-electron chi connectivity index (χ4n) is 6.46. The predicted molar refractivity (Wildman–Crippen MR) is 138 cm³/mol. The molecule has 9 nitrogen and oxygen atoms in total. The molecule has 0 radical (unpaired) electrons. The summed E-state index contributed by atoms with van der Waals surface area (Å²) in [5.41, 5.74) is 3.95. The Labute approximate surface area is 219 Å². The Morgan fingerprint density at radius 3 is 2.50 bits per heavy atom. The zero-order valence-corrected chi connectivity index (χ0v) is 21.2. The topological polar surface area (TPSA) is 161 Å². The second-order valence-corrected chi connectivity index (χ2v) is 10.7. The SMILES string of the molecule is CN(C)C1C(=O)C(C(N)=O)=C(O)C2(O)C(=O)C3=C(O)c4c(O)ccc(C#CC5=CCCCC5)c4CC3CC12. The van der Waals surface area contributed by atoms with Crippen LogP contribution in [0.2, 0.25) is 0 Å². The number of hydrogen-bond acceptors (Lipinski definition) is 8. The van der Waals surface area contributed by atoms with Gasteiger partial charge in [0.15, 0.2) is 11.4 Å². The van der Waals surface area contributed by atoms with E-state index in [0.29, 0.717) is 11.1 Å². The molecule has 4 atom stereocenters. The highest BCUT2D eigenvalue weighted by Gasteiger charge is 2.64. The van der Waals surface area contributed by atoms with Gasteiger partial charge in [-0.1, -0.05) is 17.9 Å². The monoisotopic (exact) mass is 518 g/mol. The number of fused-ring (bicyclic) bond motifs is 3. The van der Waals surface area contributed by atoms with E-state index in [2.05, 4.69) is 17.9 Å². The molecular weight excluding hydrogens is 488 g/mol. The minimum atomic E-state index is -2.65. The van der Waals surface area contributed by atoms with Crippen molar-refractivity contribution in [3.8, 4) is 17.6 Å². The number of carbonyl (C=O) groups excluding carboxylic acids is 3. The Hall–Kier alpha value is -3.87. The molecule has 4 aliphatic rings. The average Bonchev–Trinajstić information content (AvgIpc) is 2.86. The van der Waals surface area contributed by atoms with Gasteiger partial charge >= 0.3 is 0 Å². The molecule has 1 aromatic carbocycles. The summed E-state index contributed by atoms with van der Waals surface area (Å²) in [6.45, 7) is 0. The molecule has 1 amide bonds. The Balaban J connectivity index is 1.67. The number of primary amides is 1. The van der Waals surface area contributed by atoms with Crippen molar-refractivity contribution < 1.29 is 34.8 Å². The van der Waals surface area contributed by atoms with Crippen LogP contribution in [-0.4, -0.2) is 68.5 Å². The van der Waals surface area contributed by atoms with Crippen LogP contribution in [0.5, 0.6) is 5.75 Å². The Morgan fingerprint density at radius 1 is 1.13 bits per heavy atom. The van der Waals surface area contributed by atoms with Crippen LogP contribution in [0.3, 0.4) is 0 Å². The van der Waals surface area contributed by atoms with Crippen LogP contribution in [0.4, 0.5) is 0 Å². The molecule has 1 saturated carbocycles. The number of Topliss-reactive ketones (excluding diaryl/α,β-unsaturated/α-hetero) is 2. The number of allylic oxidation sites excluding steroid dienone is 2. The Kier molecular flexibility index (Phi) is 6.21. The number of likely N-dealkylation sites (N-methyl/N-ethyl adjacent to an activating group) is 1. The number of aliphatic hydroxyl groups excluding tert-OH is 2. The van der Waals surface area contributed by atoms with Gasteiger partial charge in [0.1, 0.15) is 22.8 Å². The molecule has 9 heteroatoms. The average molecular weight is 519 g/mol. The van der Waals surface area contributed by atoms with E-state index in [9.17, 15) is 34.8 Å². The number of rotatable bonds is 2. The first kappa shape index (κ1) is 25.8. The summed E-state index contributed by atoms with van der Waals surface area (Å²) in [7, 11) is 3.14. The van der Waals surface area contributed by atoms with Crippen molar-refractivity contribution in [2.24, 2.45) is 17.6 Å². The molecular formula is C29H30N2O7. The van der Waals surface area contributed by atoms with E-state index in [4.69, 9.17) is 5.73 Å². The number of aromatic hydroxyl groups is 1. The molecule has 0 heterocycles. The maximum absolute atomic E-state index is 13.9. The van der Waals surface area contributed by atoms with E-state index in [0.717, 1.165) is 31.3 Å². The van der Waals surface area contributed by atoms with Gasteiger partial charge in [-0.2, -0.15) is 0 Å². The van der Waals surface area contributed by atoms with E-state index in [1.165, 1.54) is 11.0 Å². The summed E-state index contributed by atoms with van der Waals surface area (Å²) in [6.07, 6.45) is 6.44. The molecule has 1 fully saturated rings. The third kappa shape index (κ3) is 3.67. The lowest BCUT2D eigenvalue weighted by Gasteiger charge is -2.50. The second-order valence-electron chi connectivity index (χ2n) is 10.7. The van der Waals surface area contributed by atoms with E-state index in [-0.39, 0.29) is 29.7 Å². The number of hydrogen-bond donors (Lipinski definition) is 5. The quantitative estimate of drug-likeness (QED) is 0.293. The van der Waals surface area contributed by atoms with Crippen molar-refractivity contribution in [1.82, 2.24) is 4.90 Å². The van der Waals surface area contributed by atoms with Gasteiger partial charge in [0, 0.05) is 17.1 Å². The molecule has 0 bridgehead atoms. The Bertz CT molecular complexity index is 1440. The predicted octanol–water partition coefficient (Wildman–Crippen LogP) is 1.82. The molecule has 0 aliphatic heterocycles. The Morgan fingerprint density at radius 2 is 1.87 bits per heavy atom. The number of carbonyl (C=O) groups is 3. The lowest BCUT2D eigenvalue weighted by molar-refractivity contribution is -0.153. The van der Waals surface area contributed by atoms with E-state index in [1.54, 1.807) is 20.2 Å². The molecule has 5 rings (SSSR count). The highest BCUT2D eigenvalue weighted by atomic mass is 16.3. The van der Waals surface area contributed by atoms with Gasteiger partial charge in [0.25, 0.3) is 5.91 Å². The van der Waals surface area contributed by atoms with Crippen LogP contribution in [0, 0.1) is 23.7 Å². The fraction of sp³-hybridized carbons (Fsp3) is 0.414. The van der Waals surface area contributed by atoms with E-state index < -0.39 is 58.0 Å². The molecule has 6 N–H and O–H groups in total. The summed E-state index contributed by atoms with van der Waals surface area (Å²) in [5, 5.41) is 44.5. The number of amides is 1. The molecule has 38 heavy (non-hydrogen) atoms. The molecule has 198 valence electrons. The largest absolute Gasteiger partial charge is 0.508 e. The fourth-order valence-corrected chi connectivity index (χ4v) is 6.46. The molecule has 0 spiro atoms. The van der Waals surface area contributed by atoms with Crippen LogP contribution in [-0.2, 0) is 20.8 Å². The number of phenols is 1. The van der Waals surface area contributed by atoms with Crippen LogP contribution < -0.4 is 5.73 Å². The lowest BCUT2D eigenvalue weighted by atomic mass is 9.57.